The topological polar surface area (TPSA) is 98.8 Å². The smallest absolute Gasteiger partial charge is 0.340 e. The van der Waals surface area contributed by atoms with Crippen molar-refractivity contribution in [3.05, 3.63) is 89.5 Å². The predicted molar refractivity (Wildman–Crippen MR) is 143 cm³/mol. The summed E-state index contributed by atoms with van der Waals surface area (Å²) in [5, 5.41) is 0. The number of benzene rings is 3. The third-order valence-corrected chi connectivity index (χ3v) is 6.12. The molecule has 3 rings (SSSR count). The summed E-state index contributed by atoms with van der Waals surface area (Å²) in [5.41, 5.74) is 1.63. The second-order valence-electron chi connectivity index (χ2n) is 8.50. The number of carbonyl (C=O) groups is 2. The Kier molecular flexibility index (Phi) is 10.7. The number of esters is 2. The molecular formula is C30H34O9. The first-order valence-corrected chi connectivity index (χ1v) is 12.2. The summed E-state index contributed by atoms with van der Waals surface area (Å²) in [6.45, 7) is 1.62. The minimum Gasteiger partial charge on any atom is -0.496 e. The van der Waals surface area contributed by atoms with Crippen molar-refractivity contribution in [2.45, 2.75) is 31.3 Å². The lowest BCUT2D eigenvalue weighted by molar-refractivity contribution is -0.180. The van der Waals surface area contributed by atoms with E-state index in [0.717, 1.165) is 0 Å². The lowest BCUT2D eigenvalue weighted by Gasteiger charge is -2.29. The quantitative estimate of drug-likeness (QED) is 0.278. The van der Waals surface area contributed by atoms with Crippen molar-refractivity contribution < 1.29 is 42.7 Å². The molecule has 0 aliphatic carbocycles. The molecule has 0 radical (unpaired) electrons. The number of carbonyl (C=O) groups excluding carboxylic acids is 2. The van der Waals surface area contributed by atoms with Gasteiger partial charge in [-0.15, -0.1) is 0 Å². The van der Waals surface area contributed by atoms with Crippen LogP contribution in [0, 0.1) is 0 Å². The fourth-order valence-electron chi connectivity index (χ4n) is 4.17. The zero-order chi connectivity index (χ0) is 28.4. The summed E-state index contributed by atoms with van der Waals surface area (Å²) < 4.78 is 39.1. The van der Waals surface area contributed by atoms with Gasteiger partial charge < -0.3 is 33.2 Å². The van der Waals surface area contributed by atoms with Crippen LogP contribution in [0.4, 0.5) is 0 Å². The van der Waals surface area contributed by atoms with Crippen LogP contribution in [0.3, 0.4) is 0 Å². The predicted octanol–water partition coefficient (Wildman–Crippen LogP) is 5.00. The van der Waals surface area contributed by atoms with Gasteiger partial charge in [0.15, 0.2) is 29.8 Å². The molecule has 4 atom stereocenters. The van der Waals surface area contributed by atoms with Gasteiger partial charge in [0.05, 0.1) is 21.3 Å². The molecule has 0 spiro atoms. The van der Waals surface area contributed by atoms with Crippen LogP contribution in [-0.4, -0.2) is 53.6 Å². The third kappa shape index (κ3) is 7.07. The summed E-state index contributed by atoms with van der Waals surface area (Å²) >= 11 is 0. The molecule has 39 heavy (non-hydrogen) atoms. The lowest BCUT2D eigenvalue weighted by Crippen LogP contribution is -2.31. The third-order valence-electron chi connectivity index (χ3n) is 6.12. The van der Waals surface area contributed by atoms with Crippen LogP contribution >= 0.6 is 0 Å². The van der Waals surface area contributed by atoms with Gasteiger partial charge in [-0.2, -0.15) is 0 Å². The van der Waals surface area contributed by atoms with Gasteiger partial charge in [0, 0.05) is 25.8 Å². The molecule has 3 aromatic carbocycles. The van der Waals surface area contributed by atoms with Crippen molar-refractivity contribution in [1.82, 2.24) is 0 Å². The molecule has 0 bridgehead atoms. The maximum absolute atomic E-state index is 13.4. The number of hydrogen-bond acceptors (Lipinski definition) is 9. The molecule has 0 fully saturated rings. The Morgan fingerprint density at radius 1 is 0.590 bits per heavy atom. The summed E-state index contributed by atoms with van der Waals surface area (Å²) in [6, 6.07) is 21.1. The van der Waals surface area contributed by atoms with Crippen molar-refractivity contribution >= 4 is 11.9 Å². The first-order chi connectivity index (χ1) is 18.9. The highest BCUT2D eigenvalue weighted by Gasteiger charge is 2.35. The minimum absolute atomic E-state index is 0.341. The van der Waals surface area contributed by atoms with Crippen molar-refractivity contribution in [2.75, 3.05) is 35.5 Å². The SMILES string of the molecule is COc1cc(OC)c([C@H](OC(=O)[C@H](OC)c2ccccc2)[C@@H](C)OC(=O)[C@H](OC)c2ccccc2)cc1OC. The van der Waals surface area contributed by atoms with E-state index in [1.807, 2.05) is 12.1 Å². The van der Waals surface area contributed by atoms with Crippen LogP contribution in [0.5, 0.6) is 17.2 Å². The maximum Gasteiger partial charge on any atom is 0.340 e. The molecule has 9 nitrogen and oxygen atoms in total. The highest BCUT2D eigenvalue weighted by Crippen LogP contribution is 2.41. The van der Waals surface area contributed by atoms with Gasteiger partial charge in [-0.3, -0.25) is 0 Å². The molecule has 0 aliphatic rings. The van der Waals surface area contributed by atoms with E-state index in [1.54, 1.807) is 67.6 Å². The lowest BCUT2D eigenvalue weighted by atomic mass is 10.0. The Labute approximate surface area is 228 Å². The second-order valence-corrected chi connectivity index (χ2v) is 8.50. The first-order valence-electron chi connectivity index (χ1n) is 12.2. The van der Waals surface area contributed by atoms with Crippen molar-refractivity contribution in [3.8, 4) is 17.2 Å². The van der Waals surface area contributed by atoms with E-state index in [9.17, 15) is 9.59 Å². The van der Waals surface area contributed by atoms with Crippen LogP contribution in [0.1, 0.15) is 41.9 Å². The number of methoxy groups -OCH3 is 5. The number of ether oxygens (including phenoxy) is 7. The molecule has 0 N–H and O–H groups in total. The van der Waals surface area contributed by atoms with Crippen LogP contribution < -0.4 is 14.2 Å². The van der Waals surface area contributed by atoms with Crippen molar-refractivity contribution in [2.24, 2.45) is 0 Å². The molecule has 0 unspecified atom stereocenters. The minimum atomic E-state index is -1.11. The average Bonchev–Trinajstić information content (AvgIpc) is 2.97. The van der Waals surface area contributed by atoms with E-state index in [1.165, 1.54) is 35.5 Å². The molecule has 3 aromatic rings. The van der Waals surface area contributed by atoms with E-state index < -0.39 is 36.4 Å². The van der Waals surface area contributed by atoms with E-state index in [2.05, 4.69) is 0 Å². The Morgan fingerprint density at radius 2 is 1.03 bits per heavy atom. The maximum atomic E-state index is 13.4. The molecule has 0 amide bonds. The molecule has 0 saturated carbocycles. The Hall–Kier alpha value is -4.08. The molecule has 0 saturated heterocycles. The Morgan fingerprint density at radius 3 is 1.46 bits per heavy atom. The van der Waals surface area contributed by atoms with Gasteiger partial charge in [0.25, 0.3) is 0 Å². The van der Waals surface area contributed by atoms with Crippen molar-refractivity contribution in [1.29, 1.82) is 0 Å². The molecule has 208 valence electrons. The fraction of sp³-hybridized carbons (Fsp3) is 0.333. The molecule has 9 heteroatoms. The van der Waals surface area contributed by atoms with Crippen LogP contribution in [0.2, 0.25) is 0 Å². The fourth-order valence-corrected chi connectivity index (χ4v) is 4.17. The Balaban J connectivity index is 2.00. The monoisotopic (exact) mass is 538 g/mol. The highest BCUT2D eigenvalue weighted by molar-refractivity contribution is 5.78. The van der Waals surface area contributed by atoms with Gasteiger partial charge >= 0.3 is 11.9 Å². The van der Waals surface area contributed by atoms with E-state index in [4.69, 9.17) is 33.2 Å². The summed E-state index contributed by atoms with van der Waals surface area (Å²) in [7, 11) is 7.28. The van der Waals surface area contributed by atoms with Crippen molar-refractivity contribution in [3.63, 3.8) is 0 Å². The highest BCUT2D eigenvalue weighted by atomic mass is 16.6. The molecule has 0 heterocycles. The summed E-state index contributed by atoms with van der Waals surface area (Å²) in [4.78, 5) is 26.6. The molecule has 0 aliphatic heterocycles. The normalized spacial score (nSPS) is 13.9. The van der Waals surface area contributed by atoms with E-state index in [0.29, 0.717) is 33.9 Å². The van der Waals surface area contributed by atoms with Gasteiger partial charge in [-0.1, -0.05) is 60.7 Å². The van der Waals surface area contributed by atoms with Crippen LogP contribution in [0.25, 0.3) is 0 Å². The largest absolute Gasteiger partial charge is 0.496 e. The van der Waals surface area contributed by atoms with Crippen LogP contribution in [-0.2, 0) is 28.5 Å². The number of hydrogen-bond donors (Lipinski definition) is 0. The zero-order valence-electron chi connectivity index (χ0n) is 22.9. The second kappa shape index (κ2) is 14.2. The molecular weight excluding hydrogens is 504 g/mol. The average molecular weight is 539 g/mol. The van der Waals surface area contributed by atoms with Gasteiger partial charge in [-0.25, -0.2) is 9.59 Å². The molecule has 0 aromatic heterocycles. The number of rotatable bonds is 13. The summed E-state index contributed by atoms with van der Waals surface area (Å²) in [5.74, 6) is -0.204. The van der Waals surface area contributed by atoms with Gasteiger partial charge in [0.2, 0.25) is 0 Å². The van der Waals surface area contributed by atoms with Gasteiger partial charge in [-0.05, 0) is 24.1 Å². The first kappa shape index (κ1) is 29.5. The van der Waals surface area contributed by atoms with E-state index >= 15 is 0 Å². The standard InChI is InChI=1S/C30H34O9/c1-19(38-29(31)27(36-5)20-13-9-7-10-14-20)26(22-17-24(34-3)25(35-4)18-23(22)33-2)39-30(32)28(37-6)21-15-11-8-12-16-21/h7-19,26-28H,1-6H3/t19-,26-,27-,28-/m1/s1. The Bertz CT molecular complexity index is 1210. The zero-order valence-corrected chi connectivity index (χ0v) is 22.9. The van der Waals surface area contributed by atoms with Gasteiger partial charge in [0.1, 0.15) is 11.9 Å². The van der Waals surface area contributed by atoms with E-state index in [-0.39, 0.29) is 0 Å². The summed E-state index contributed by atoms with van der Waals surface area (Å²) in [6.07, 6.45) is -4.07. The van der Waals surface area contributed by atoms with Crippen LogP contribution in [0.15, 0.2) is 72.8 Å².